The summed E-state index contributed by atoms with van der Waals surface area (Å²) >= 11 is 3.34. The van der Waals surface area contributed by atoms with Crippen LogP contribution in [0.3, 0.4) is 0 Å². The monoisotopic (exact) mass is 272 g/mol. The van der Waals surface area contributed by atoms with E-state index in [1.165, 1.54) is 0 Å². The highest BCUT2D eigenvalue weighted by Crippen LogP contribution is 2.37. The summed E-state index contributed by atoms with van der Waals surface area (Å²) in [6.07, 6.45) is 1.54. The zero-order valence-electron chi connectivity index (χ0n) is 8.96. The lowest BCUT2D eigenvalue weighted by Crippen LogP contribution is -2.00. The molecule has 82 valence electrons. The van der Waals surface area contributed by atoms with Crippen LogP contribution >= 0.6 is 15.9 Å². The molecule has 0 atom stereocenters. The summed E-state index contributed by atoms with van der Waals surface area (Å²) in [5, 5.41) is 0. The minimum atomic E-state index is 0.621. The van der Waals surface area contributed by atoms with E-state index in [0.717, 1.165) is 16.3 Å². The fourth-order valence-corrected chi connectivity index (χ4v) is 2.07. The minimum absolute atomic E-state index is 0.621. The lowest BCUT2D eigenvalue weighted by Gasteiger charge is -2.14. The van der Waals surface area contributed by atoms with E-state index in [2.05, 4.69) is 15.9 Å². The van der Waals surface area contributed by atoms with Crippen molar-refractivity contribution in [2.75, 3.05) is 14.2 Å². The molecule has 1 rings (SSSR count). The second-order valence-corrected chi connectivity index (χ2v) is 3.81. The number of carbonyl (C=O) groups is 1. The van der Waals surface area contributed by atoms with Gasteiger partial charge in [-0.3, -0.25) is 4.79 Å². The van der Waals surface area contributed by atoms with Crippen LogP contribution in [0.4, 0.5) is 0 Å². The molecule has 1 aromatic rings. The van der Waals surface area contributed by atoms with Gasteiger partial charge in [0.2, 0.25) is 0 Å². The van der Waals surface area contributed by atoms with Crippen LogP contribution in [0.5, 0.6) is 11.5 Å². The van der Waals surface area contributed by atoms with E-state index in [9.17, 15) is 4.79 Å². The van der Waals surface area contributed by atoms with Gasteiger partial charge in [-0.05, 0) is 28.4 Å². The third-order valence-corrected chi connectivity index (χ3v) is 2.89. The summed E-state index contributed by atoms with van der Waals surface area (Å²) in [6.45, 7) is 1.97. The number of carbonyl (C=O) groups excluding carboxylic acids is 1. The summed E-state index contributed by atoms with van der Waals surface area (Å²) in [5.74, 6) is 1.26. The highest BCUT2D eigenvalue weighted by atomic mass is 79.9. The van der Waals surface area contributed by atoms with Crippen LogP contribution in [-0.2, 0) is 6.42 Å². The molecule has 0 amide bonds. The van der Waals surface area contributed by atoms with Crippen molar-refractivity contribution in [2.24, 2.45) is 0 Å². The number of ether oxygens (including phenoxy) is 2. The average molecular weight is 273 g/mol. The predicted molar refractivity (Wildman–Crippen MR) is 62.0 cm³/mol. The van der Waals surface area contributed by atoms with Gasteiger partial charge in [-0.2, -0.15) is 0 Å². The molecule has 0 spiro atoms. The minimum Gasteiger partial charge on any atom is -0.493 e. The van der Waals surface area contributed by atoms with Gasteiger partial charge in [0.05, 0.1) is 14.2 Å². The standard InChI is InChI=1S/C11H13BrO3/c1-4-7-8(6-13)9(12)5-10(14-2)11(7)15-3/h5-6H,4H2,1-3H3. The number of hydrogen-bond acceptors (Lipinski definition) is 3. The quantitative estimate of drug-likeness (QED) is 0.791. The largest absolute Gasteiger partial charge is 0.493 e. The molecule has 0 saturated carbocycles. The van der Waals surface area contributed by atoms with Crippen LogP contribution < -0.4 is 9.47 Å². The molecule has 0 unspecified atom stereocenters. The van der Waals surface area contributed by atoms with Crippen molar-refractivity contribution in [2.45, 2.75) is 13.3 Å². The van der Waals surface area contributed by atoms with Crippen molar-refractivity contribution in [3.63, 3.8) is 0 Å². The Hall–Kier alpha value is -1.03. The third-order valence-electron chi connectivity index (χ3n) is 2.23. The Morgan fingerprint density at radius 1 is 1.40 bits per heavy atom. The molecule has 0 bridgehead atoms. The number of halogens is 1. The first kappa shape index (κ1) is 12.0. The lowest BCUT2D eigenvalue weighted by molar-refractivity contribution is 0.112. The number of benzene rings is 1. The van der Waals surface area contributed by atoms with Crippen molar-refractivity contribution in [1.29, 1.82) is 0 Å². The van der Waals surface area contributed by atoms with Crippen LogP contribution in [0.15, 0.2) is 10.5 Å². The normalized spacial score (nSPS) is 9.87. The fourth-order valence-electron chi connectivity index (χ4n) is 1.53. The van der Waals surface area contributed by atoms with Crippen LogP contribution in [0, 0.1) is 0 Å². The molecule has 1 aromatic carbocycles. The lowest BCUT2D eigenvalue weighted by atomic mass is 10.0. The van der Waals surface area contributed by atoms with Gasteiger partial charge in [-0.1, -0.05) is 6.92 Å². The molecule has 0 aromatic heterocycles. The molecule has 0 N–H and O–H groups in total. The average Bonchev–Trinajstić information content (AvgIpc) is 2.27. The van der Waals surface area contributed by atoms with Crippen molar-refractivity contribution in [3.05, 3.63) is 21.7 Å². The van der Waals surface area contributed by atoms with E-state index in [1.807, 2.05) is 6.92 Å². The molecule has 0 aliphatic carbocycles. The van der Waals surface area contributed by atoms with E-state index in [-0.39, 0.29) is 0 Å². The van der Waals surface area contributed by atoms with Crippen molar-refractivity contribution in [3.8, 4) is 11.5 Å². The highest BCUT2D eigenvalue weighted by Gasteiger charge is 2.16. The Balaban J connectivity index is 3.51. The van der Waals surface area contributed by atoms with E-state index in [4.69, 9.17) is 9.47 Å². The summed E-state index contributed by atoms with van der Waals surface area (Å²) in [6, 6.07) is 1.74. The Morgan fingerprint density at radius 3 is 2.47 bits per heavy atom. The number of methoxy groups -OCH3 is 2. The van der Waals surface area contributed by atoms with Gasteiger partial charge < -0.3 is 9.47 Å². The second-order valence-electron chi connectivity index (χ2n) is 2.96. The third kappa shape index (κ3) is 2.15. The SMILES string of the molecule is CCc1c(C=O)c(Br)cc(OC)c1OC. The van der Waals surface area contributed by atoms with Gasteiger partial charge in [0.25, 0.3) is 0 Å². The maximum absolute atomic E-state index is 10.9. The first-order valence-corrected chi connectivity index (χ1v) is 5.37. The Bertz CT molecular complexity index is 375. The summed E-state index contributed by atoms with van der Waals surface area (Å²) in [4.78, 5) is 10.9. The molecule has 4 heteroatoms. The molecule has 15 heavy (non-hydrogen) atoms. The number of rotatable bonds is 4. The van der Waals surface area contributed by atoms with Crippen LogP contribution in [0.25, 0.3) is 0 Å². The van der Waals surface area contributed by atoms with Gasteiger partial charge in [0, 0.05) is 15.6 Å². The molecule has 0 saturated heterocycles. The van der Waals surface area contributed by atoms with Gasteiger partial charge in [-0.15, -0.1) is 0 Å². The topological polar surface area (TPSA) is 35.5 Å². The predicted octanol–water partition coefficient (Wildman–Crippen LogP) is 2.84. The van der Waals surface area contributed by atoms with Crippen LogP contribution in [-0.4, -0.2) is 20.5 Å². The fraction of sp³-hybridized carbons (Fsp3) is 0.364. The Labute approximate surface area is 97.5 Å². The summed E-state index contributed by atoms with van der Waals surface area (Å²) < 4.78 is 11.2. The molecule has 0 radical (unpaired) electrons. The first-order valence-electron chi connectivity index (χ1n) is 4.58. The number of aldehydes is 1. The van der Waals surface area contributed by atoms with E-state index in [1.54, 1.807) is 20.3 Å². The Kier molecular flexibility index (Phi) is 4.15. The Morgan fingerprint density at radius 2 is 2.07 bits per heavy atom. The molecular formula is C11H13BrO3. The van der Waals surface area contributed by atoms with Crippen LogP contribution in [0.1, 0.15) is 22.8 Å². The van der Waals surface area contributed by atoms with Crippen molar-refractivity contribution in [1.82, 2.24) is 0 Å². The molecule has 0 fully saturated rings. The van der Waals surface area contributed by atoms with Gasteiger partial charge in [-0.25, -0.2) is 0 Å². The molecule has 0 aliphatic rings. The van der Waals surface area contributed by atoms with Gasteiger partial charge in [0.1, 0.15) is 0 Å². The van der Waals surface area contributed by atoms with Gasteiger partial charge >= 0.3 is 0 Å². The molecule has 0 aliphatic heterocycles. The van der Waals surface area contributed by atoms with Crippen molar-refractivity contribution < 1.29 is 14.3 Å². The number of hydrogen-bond donors (Lipinski definition) is 0. The smallest absolute Gasteiger partial charge is 0.164 e. The summed E-state index contributed by atoms with van der Waals surface area (Å²) in [7, 11) is 3.14. The highest BCUT2D eigenvalue weighted by molar-refractivity contribution is 9.10. The van der Waals surface area contributed by atoms with E-state index in [0.29, 0.717) is 23.5 Å². The summed E-state index contributed by atoms with van der Waals surface area (Å²) in [5.41, 5.74) is 1.48. The van der Waals surface area contributed by atoms with Crippen molar-refractivity contribution >= 4 is 22.2 Å². The van der Waals surface area contributed by atoms with Gasteiger partial charge in [0.15, 0.2) is 17.8 Å². The molecular weight excluding hydrogens is 260 g/mol. The van der Waals surface area contributed by atoms with Crippen LogP contribution in [0.2, 0.25) is 0 Å². The maximum Gasteiger partial charge on any atom is 0.164 e. The maximum atomic E-state index is 10.9. The zero-order valence-corrected chi connectivity index (χ0v) is 10.6. The van der Waals surface area contributed by atoms with E-state index < -0.39 is 0 Å². The van der Waals surface area contributed by atoms with E-state index >= 15 is 0 Å². The second kappa shape index (κ2) is 5.16. The molecule has 3 nitrogen and oxygen atoms in total. The molecule has 0 heterocycles. The first-order chi connectivity index (χ1) is 7.19. The zero-order chi connectivity index (χ0) is 11.4.